The van der Waals surface area contributed by atoms with Gasteiger partial charge in [0.25, 0.3) is 5.56 Å². The number of ether oxygens (including phenoxy) is 1. The van der Waals surface area contributed by atoms with Crippen LogP contribution in [0.3, 0.4) is 0 Å². The average Bonchev–Trinajstić information content (AvgIpc) is 2.78. The molecule has 0 atom stereocenters. The smallest absolute Gasteiger partial charge is 0.266 e. The molecule has 0 aliphatic rings. The van der Waals surface area contributed by atoms with E-state index in [1.54, 1.807) is 29.9 Å². The van der Waals surface area contributed by atoms with Gasteiger partial charge in [0, 0.05) is 5.75 Å². The predicted molar refractivity (Wildman–Crippen MR) is 115 cm³/mol. The van der Waals surface area contributed by atoms with Crippen molar-refractivity contribution in [2.75, 3.05) is 7.11 Å². The molecule has 0 fully saturated rings. The molecule has 0 unspecified atom stereocenters. The Labute approximate surface area is 172 Å². The third kappa shape index (κ3) is 3.86. The maximum Gasteiger partial charge on any atom is 0.266 e. The molecule has 29 heavy (non-hydrogen) atoms. The first kappa shape index (κ1) is 18.8. The second-order valence-electron chi connectivity index (χ2n) is 6.35. The Hall–Kier alpha value is -3.56. The zero-order valence-corrected chi connectivity index (χ0v) is 16.5. The SMILES string of the molecule is COc1ccc(-n2c(SCc3ccc(C#N)cc3)nc3ccccc3c2=O)cc1. The molecule has 4 aromatic rings. The number of aromatic nitrogens is 2. The number of methoxy groups -OCH3 is 1. The molecule has 1 aromatic heterocycles. The number of fused-ring (bicyclic) bond motifs is 1. The summed E-state index contributed by atoms with van der Waals surface area (Å²) in [5.74, 6) is 1.36. The Morgan fingerprint density at radius 3 is 2.45 bits per heavy atom. The number of nitriles is 1. The van der Waals surface area contributed by atoms with Crippen LogP contribution < -0.4 is 10.3 Å². The third-order valence-corrected chi connectivity index (χ3v) is 5.54. The predicted octanol–water partition coefficient (Wildman–Crippen LogP) is 4.56. The van der Waals surface area contributed by atoms with Crippen LogP contribution in [-0.2, 0) is 5.75 Å². The molecule has 6 heteroatoms. The van der Waals surface area contributed by atoms with Gasteiger partial charge in [0.05, 0.1) is 35.3 Å². The van der Waals surface area contributed by atoms with Gasteiger partial charge in [0.15, 0.2) is 5.16 Å². The minimum absolute atomic E-state index is 0.108. The van der Waals surface area contributed by atoms with Gasteiger partial charge in [-0.1, -0.05) is 36.0 Å². The van der Waals surface area contributed by atoms with E-state index in [0.717, 1.165) is 17.0 Å². The number of hydrogen-bond acceptors (Lipinski definition) is 5. The number of benzene rings is 3. The molecule has 0 spiro atoms. The normalized spacial score (nSPS) is 10.6. The van der Waals surface area contributed by atoms with Crippen molar-refractivity contribution in [3.8, 4) is 17.5 Å². The van der Waals surface area contributed by atoms with Crippen molar-refractivity contribution in [1.29, 1.82) is 5.26 Å². The highest BCUT2D eigenvalue weighted by Gasteiger charge is 2.13. The summed E-state index contributed by atoms with van der Waals surface area (Å²) in [5.41, 5.74) is 2.97. The lowest BCUT2D eigenvalue weighted by Crippen LogP contribution is -2.21. The van der Waals surface area contributed by atoms with Gasteiger partial charge in [-0.2, -0.15) is 5.26 Å². The second kappa shape index (κ2) is 8.21. The number of nitrogens with zero attached hydrogens (tertiary/aromatic N) is 3. The lowest BCUT2D eigenvalue weighted by molar-refractivity contribution is 0.414. The molecule has 0 saturated carbocycles. The van der Waals surface area contributed by atoms with Crippen molar-refractivity contribution in [1.82, 2.24) is 9.55 Å². The van der Waals surface area contributed by atoms with Crippen molar-refractivity contribution in [3.05, 3.63) is 94.3 Å². The van der Waals surface area contributed by atoms with Crippen LogP contribution in [0.15, 0.2) is 82.7 Å². The van der Waals surface area contributed by atoms with Gasteiger partial charge in [-0.25, -0.2) is 4.98 Å². The van der Waals surface area contributed by atoms with Crippen molar-refractivity contribution < 1.29 is 4.74 Å². The van der Waals surface area contributed by atoms with E-state index >= 15 is 0 Å². The maximum absolute atomic E-state index is 13.2. The minimum atomic E-state index is -0.108. The monoisotopic (exact) mass is 399 g/mol. The summed E-state index contributed by atoms with van der Waals surface area (Å²) in [6, 6.07) is 24.2. The van der Waals surface area contributed by atoms with E-state index in [1.807, 2.05) is 54.6 Å². The first-order chi connectivity index (χ1) is 14.2. The van der Waals surface area contributed by atoms with Crippen LogP contribution in [0, 0.1) is 11.3 Å². The van der Waals surface area contributed by atoms with Gasteiger partial charge < -0.3 is 4.74 Å². The van der Waals surface area contributed by atoms with Crippen LogP contribution in [-0.4, -0.2) is 16.7 Å². The molecular weight excluding hydrogens is 382 g/mol. The van der Waals surface area contributed by atoms with E-state index in [9.17, 15) is 4.79 Å². The van der Waals surface area contributed by atoms with Crippen molar-refractivity contribution in [2.24, 2.45) is 0 Å². The molecule has 142 valence electrons. The van der Waals surface area contributed by atoms with Gasteiger partial charge in [0.2, 0.25) is 0 Å². The minimum Gasteiger partial charge on any atom is -0.497 e. The molecule has 5 nitrogen and oxygen atoms in total. The molecule has 0 amide bonds. The van der Waals surface area contributed by atoms with Gasteiger partial charge in [-0.3, -0.25) is 9.36 Å². The van der Waals surface area contributed by atoms with Gasteiger partial charge in [-0.05, 0) is 54.1 Å². The van der Waals surface area contributed by atoms with E-state index in [-0.39, 0.29) is 5.56 Å². The van der Waals surface area contributed by atoms with Crippen molar-refractivity contribution >= 4 is 22.7 Å². The Bertz CT molecular complexity index is 1260. The highest BCUT2D eigenvalue weighted by Crippen LogP contribution is 2.25. The van der Waals surface area contributed by atoms with Crippen LogP contribution in [0.5, 0.6) is 5.75 Å². The largest absolute Gasteiger partial charge is 0.497 e. The molecule has 0 N–H and O–H groups in total. The van der Waals surface area contributed by atoms with Crippen LogP contribution in [0.4, 0.5) is 0 Å². The lowest BCUT2D eigenvalue weighted by atomic mass is 10.2. The molecule has 4 rings (SSSR count). The standard InChI is InChI=1S/C23H17N3O2S/c1-28-19-12-10-18(11-13-19)26-22(27)20-4-2-3-5-21(20)25-23(26)29-15-17-8-6-16(14-24)7-9-17/h2-13H,15H2,1H3. The molecule has 0 saturated heterocycles. The fourth-order valence-electron chi connectivity index (χ4n) is 2.99. The van der Waals surface area contributed by atoms with Gasteiger partial charge >= 0.3 is 0 Å². The molecule has 3 aromatic carbocycles. The fourth-order valence-corrected chi connectivity index (χ4v) is 3.96. The van der Waals surface area contributed by atoms with Gasteiger partial charge in [-0.15, -0.1) is 0 Å². The fraction of sp³-hybridized carbons (Fsp3) is 0.0870. The molecule has 0 aliphatic heterocycles. The summed E-state index contributed by atoms with van der Waals surface area (Å²) in [4.78, 5) is 18.0. The number of thioether (sulfide) groups is 1. The van der Waals surface area contributed by atoms with Gasteiger partial charge in [0.1, 0.15) is 5.75 Å². The Morgan fingerprint density at radius 1 is 1.03 bits per heavy atom. The van der Waals surface area contributed by atoms with E-state index < -0.39 is 0 Å². The van der Waals surface area contributed by atoms with Crippen LogP contribution in [0.25, 0.3) is 16.6 Å². The summed E-state index contributed by atoms with van der Waals surface area (Å²) in [6.07, 6.45) is 0. The topological polar surface area (TPSA) is 67.9 Å². The van der Waals surface area contributed by atoms with Crippen molar-refractivity contribution in [3.63, 3.8) is 0 Å². The van der Waals surface area contributed by atoms with Crippen LogP contribution in [0.2, 0.25) is 0 Å². The third-order valence-electron chi connectivity index (χ3n) is 4.53. The molecule has 0 radical (unpaired) electrons. The van der Waals surface area contributed by atoms with E-state index in [1.165, 1.54) is 11.8 Å². The highest BCUT2D eigenvalue weighted by atomic mass is 32.2. The summed E-state index contributed by atoms with van der Waals surface area (Å²) in [6.45, 7) is 0. The number of rotatable bonds is 5. The zero-order valence-electron chi connectivity index (χ0n) is 15.7. The van der Waals surface area contributed by atoms with Crippen molar-refractivity contribution in [2.45, 2.75) is 10.9 Å². The maximum atomic E-state index is 13.2. The average molecular weight is 399 g/mol. The van der Waals surface area contributed by atoms with E-state index in [4.69, 9.17) is 15.0 Å². The first-order valence-electron chi connectivity index (χ1n) is 8.97. The first-order valence-corrected chi connectivity index (χ1v) is 9.96. The molecular formula is C23H17N3O2S. The summed E-state index contributed by atoms with van der Waals surface area (Å²) >= 11 is 1.49. The van der Waals surface area contributed by atoms with E-state index in [0.29, 0.717) is 27.4 Å². The number of para-hydroxylation sites is 1. The zero-order chi connectivity index (χ0) is 20.2. The lowest BCUT2D eigenvalue weighted by Gasteiger charge is -2.13. The second-order valence-corrected chi connectivity index (χ2v) is 7.29. The molecule has 0 aliphatic carbocycles. The number of hydrogen-bond donors (Lipinski definition) is 0. The summed E-state index contributed by atoms with van der Waals surface area (Å²) < 4.78 is 6.86. The quantitative estimate of drug-likeness (QED) is 0.364. The summed E-state index contributed by atoms with van der Waals surface area (Å²) in [5, 5.41) is 10.1. The molecule has 1 heterocycles. The van der Waals surface area contributed by atoms with Crippen LogP contribution >= 0.6 is 11.8 Å². The Morgan fingerprint density at radius 2 is 1.76 bits per heavy atom. The highest BCUT2D eigenvalue weighted by molar-refractivity contribution is 7.98. The molecule has 0 bridgehead atoms. The Kier molecular flexibility index (Phi) is 5.32. The summed E-state index contributed by atoms with van der Waals surface area (Å²) in [7, 11) is 1.61. The van der Waals surface area contributed by atoms with E-state index in [2.05, 4.69) is 6.07 Å². The van der Waals surface area contributed by atoms with Crippen LogP contribution in [0.1, 0.15) is 11.1 Å². The Balaban J connectivity index is 1.78.